The minimum atomic E-state index is 0.646. The van der Waals surface area contributed by atoms with Crippen molar-refractivity contribution in [3.05, 3.63) is 35.9 Å². The Hall–Kier alpha value is -0.820. The van der Waals surface area contributed by atoms with E-state index in [1.807, 2.05) is 0 Å². The molecule has 1 aromatic carbocycles. The highest BCUT2D eigenvalue weighted by atomic mass is 15.1. The second-order valence-corrected chi connectivity index (χ2v) is 5.47. The first-order valence-electron chi connectivity index (χ1n) is 7.04. The molecule has 1 aliphatic rings. The van der Waals surface area contributed by atoms with Crippen LogP contribution in [0.25, 0.3) is 0 Å². The van der Waals surface area contributed by atoms with Crippen LogP contribution in [0.3, 0.4) is 0 Å². The Morgan fingerprint density at radius 1 is 1.00 bits per heavy atom. The Balaban J connectivity index is 1.87. The molecular formula is C16H25N. The standard InChI is InChI=1S/C16H25N/c1-3-16(4-2)10-12-17(13-11-16)14-15-8-6-5-7-9-15/h5-9H,3-4,10-14H2,1-2H3. The number of hydrogen-bond acceptors (Lipinski definition) is 1. The molecule has 0 aliphatic carbocycles. The van der Waals surface area contributed by atoms with Gasteiger partial charge in [-0.15, -0.1) is 0 Å². The summed E-state index contributed by atoms with van der Waals surface area (Å²) < 4.78 is 0. The van der Waals surface area contributed by atoms with Crippen molar-refractivity contribution in [3.8, 4) is 0 Å². The summed E-state index contributed by atoms with van der Waals surface area (Å²) in [6.45, 7) is 8.39. The summed E-state index contributed by atoms with van der Waals surface area (Å²) in [5.74, 6) is 0. The van der Waals surface area contributed by atoms with Crippen molar-refractivity contribution in [2.24, 2.45) is 5.41 Å². The average molecular weight is 231 g/mol. The predicted octanol–water partition coefficient (Wildman–Crippen LogP) is 4.09. The Bertz CT molecular complexity index is 317. The van der Waals surface area contributed by atoms with Crippen molar-refractivity contribution in [1.82, 2.24) is 4.90 Å². The van der Waals surface area contributed by atoms with E-state index in [0.29, 0.717) is 5.41 Å². The van der Waals surface area contributed by atoms with Gasteiger partial charge in [0.05, 0.1) is 0 Å². The fourth-order valence-corrected chi connectivity index (χ4v) is 2.98. The molecule has 1 aromatic rings. The highest BCUT2D eigenvalue weighted by Crippen LogP contribution is 2.38. The van der Waals surface area contributed by atoms with Gasteiger partial charge in [0.2, 0.25) is 0 Å². The SMILES string of the molecule is CCC1(CC)CCN(Cc2ccccc2)CC1. The van der Waals surface area contributed by atoms with Gasteiger partial charge < -0.3 is 0 Å². The maximum atomic E-state index is 2.61. The van der Waals surface area contributed by atoms with E-state index in [1.165, 1.54) is 44.3 Å². The summed E-state index contributed by atoms with van der Waals surface area (Å²) in [7, 11) is 0. The summed E-state index contributed by atoms with van der Waals surface area (Å²) in [6, 6.07) is 10.9. The lowest BCUT2D eigenvalue weighted by atomic mass is 9.74. The molecule has 0 aromatic heterocycles. The molecule has 1 heteroatoms. The van der Waals surface area contributed by atoms with E-state index < -0.39 is 0 Å². The molecule has 1 fully saturated rings. The fourth-order valence-electron chi connectivity index (χ4n) is 2.98. The lowest BCUT2D eigenvalue weighted by Gasteiger charge is -2.41. The maximum Gasteiger partial charge on any atom is 0.0233 e. The number of benzene rings is 1. The monoisotopic (exact) mass is 231 g/mol. The van der Waals surface area contributed by atoms with Crippen LogP contribution in [0.15, 0.2) is 30.3 Å². The van der Waals surface area contributed by atoms with E-state index in [9.17, 15) is 0 Å². The van der Waals surface area contributed by atoms with Crippen LogP contribution in [0.1, 0.15) is 45.1 Å². The Kier molecular flexibility index (Phi) is 4.22. The molecule has 0 bridgehead atoms. The van der Waals surface area contributed by atoms with Crippen LogP contribution in [-0.4, -0.2) is 18.0 Å². The van der Waals surface area contributed by atoms with Gasteiger partial charge in [-0.25, -0.2) is 0 Å². The van der Waals surface area contributed by atoms with Gasteiger partial charge in [-0.2, -0.15) is 0 Å². The minimum Gasteiger partial charge on any atom is -0.299 e. The molecule has 0 radical (unpaired) electrons. The van der Waals surface area contributed by atoms with E-state index >= 15 is 0 Å². The fraction of sp³-hybridized carbons (Fsp3) is 0.625. The zero-order valence-corrected chi connectivity index (χ0v) is 11.3. The van der Waals surface area contributed by atoms with Gasteiger partial charge in [0.1, 0.15) is 0 Å². The molecule has 17 heavy (non-hydrogen) atoms. The number of likely N-dealkylation sites (tertiary alicyclic amines) is 1. The first-order chi connectivity index (χ1) is 8.28. The third-order valence-electron chi connectivity index (χ3n) is 4.67. The molecule has 0 spiro atoms. The van der Waals surface area contributed by atoms with E-state index in [0.717, 1.165) is 6.54 Å². The van der Waals surface area contributed by atoms with Crippen molar-refractivity contribution < 1.29 is 0 Å². The predicted molar refractivity (Wildman–Crippen MR) is 74.0 cm³/mol. The van der Waals surface area contributed by atoms with Gasteiger partial charge >= 0.3 is 0 Å². The van der Waals surface area contributed by atoms with Gasteiger partial charge in [0.15, 0.2) is 0 Å². The van der Waals surface area contributed by atoms with Crippen LogP contribution in [0.5, 0.6) is 0 Å². The van der Waals surface area contributed by atoms with E-state index in [4.69, 9.17) is 0 Å². The Morgan fingerprint density at radius 3 is 2.12 bits per heavy atom. The first-order valence-corrected chi connectivity index (χ1v) is 7.04. The topological polar surface area (TPSA) is 3.24 Å². The van der Waals surface area contributed by atoms with Crippen molar-refractivity contribution in [3.63, 3.8) is 0 Å². The zero-order chi connectivity index (χ0) is 12.1. The van der Waals surface area contributed by atoms with Gasteiger partial charge in [-0.1, -0.05) is 57.0 Å². The molecule has 2 rings (SSSR count). The molecule has 94 valence electrons. The molecule has 1 aliphatic heterocycles. The maximum absolute atomic E-state index is 2.61. The number of piperidine rings is 1. The van der Waals surface area contributed by atoms with Crippen LogP contribution in [0.4, 0.5) is 0 Å². The van der Waals surface area contributed by atoms with Crippen LogP contribution < -0.4 is 0 Å². The van der Waals surface area contributed by atoms with E-state index in [2.05, 4.69) is 49.1 Å². The highest BCUT2D eigenvalue weighted by Gasteiger charge is 2.30. The molecule has 0 N–H and O–H groups in total. The largest absolute Gasteiger partial charge is 0.299 e. The van der Waals surface area contributed by atoms with Gasteiger partial charge in [0, 0.05) is 6.54 Å². The molecule has 0 saturated carbocycles. The van der Waals surface area contributed by atoms with Crippen molar-refractivity contribution in [2.45, 2.75) is 46.1 Å². The number of nitrogens with zero attached hydrogens (tertiary/aromatic N) is 1. The van der Waals surface area contributed by atoms with Crippen LogP contribution in [0.2, 0.25) is 0 Å². The molecule has 0 atom stereocenters. The summed E-state index contributed by atoms with van der Waals surface area (Å²) in [6.07, 6.45) is 5.46. The zero-order valence-electron chi connectivity index (χ0n) is 11.3. The second-order valence-electron chi connectivity index (χ2n) is 5.47. The smallest absolute Gasteiger partial charge is 0.0233 e. The van der Waals surface area contributed by atoms with Crippen LogP contribution in [0, 0.1) is 5.41 Å². The van der Waals surface area contributed by atoms with Gasteiger partial charge in [0.25, 0.3) is 0 Å². The third kappa shape index (κ3) is 3.10. The molecule has 0 amide bonds. The van der Waals surface area contributed by atoms with Crippen LogP contribution in [-0.2, 0) is 6.54 Å². The Labute approximate surface area is 106 Å². The molecule has 0 unspecified atom stereocenters. The normalized spacial score (nSPS) is 20.4. The summed E-state index contributed by atoms with van der Waals surface area (Å²) in [5.41, 5.74) is 2.10. The molecule has 1 heterocycles. The first kappa shape index (κ1) is 12.6. The molecular weight excluding hydrogens is 206 g/mol. The number of rotatable bonds is 4. The van der Waals surface area contributed by atoms with Crippen molar-refractivity contribution in [1.29, 1.82) is 0 Å². The average Bonchev–Trinajstić information content (AvgIpc) is 2.41. The second kappa shape index (κ2) is 5.68. The van der Waals surface area contributed by atoms with Crippen molar-refractivity contribution >= 4 is 0 Å². The van der Waals surface area contributed by atoms with Gasteiger partial charge in [-0.05, 0) is 36.9 Å². The van der Waals surface area contributed by atoms with E-state index in [-0.39, 0.29) is 0 Å². The quantitative estimate of drug-likeness (QED) is 0.754. The summed E-state index contributed by atoms with van der Waals surface area (Å²) >= 11 is 0. The van der Waals surface area contributed by atoms with Crippen LogP contribution >= 0.6 is 0 Å². The summed E-state index contributed by atoms with van der Waals surface area (Å²) in [4.78, 5) is 2.61. The Morgan fingerprint density at radius 2 is 1.59 bits per heavy atom. The van der Waals surface area contributed by atoms with Crippen molar-refractivity contribution in [2.75, 3.05) is 13.1 Å². The minimum absolute atomic E-state index is 0.646. The van der Waals surface area contributed by atoms with Gasteiger partial charge in [-0.3, -0.25) is 4.90 Å². The highest BCUT2D eigenvalue weighted by molar-refractivity contribution is 5.14. The molecule has 1 nitrogen and oxygen atoms in total. The number of hydrogen-bond donors (Lipinski definition) is 0. The third-order valence-corrected chi connectivity index (χ3v) is 4.67. The lowest BCUT2D eigenvalue weighted by Crippen LogP contribution is -2.39. The van der Waals surface area contributed by atoms with E-state index in [1.54, 1.807) is 0 Å². The molecule has 1 saturated heterocycles. The summed E-state index contributed by atoms with van der Waals surface area (Å²) in [5, 5.41) is 0. The lowest BCUT2D eigenvalue weighted by molar-refractivity contribution is 0.0909.